The summed E-state index contributed by atoms with van der Waals surface area (Å²) in [5.41, 5.74) is 4.53. The van der Waals surface area contributed by atoms with Crippen molar-refractivity contribution >= 4 is 33.3 Å². The zero-order chi connectivity index (χ0) is 23.9. The molecule has 174 valence electrons. The maximum absolute atomic E-state index is 13.4. The molecule has 6 rings (SSSR count). The van der Waals surface area contributed by atoms with Gasteiger partial charge in [-0.3, -0.25) is 4.79 Å². The van der Waals surface area contributed by atoms with Gasteiger partial charge in [0, 0.05) is 17.9 Å². The minimum atomic E-state index is -0.283. The first-order valence-electron chi connectivity index (χ1n) is 11.3. The van der Waals surface area contributed by atoms with Crippen molar-refractivity contribution in [1.29, 1.82) is 0 Å². The number of hydrogen-bond donors (Lipinski definition) is 1. The Morgan fingerprint density at radius 1 is 1.11 bits per heavy atom. The Kier molecular flexibility index (Phi) is 5.30. The number of rotatable bonds is 5. The number of benzene rings is 3. The molecule has 8 heteroatoms. The number of amides is 1. The lowest BCUT2D eigenvalue weighted by Gasteiger charge is -2.24. The number of carbonyl (C=O) groups excluding carboxylic acids is 1. The highest BCUT2D eigenvalue weighted by molar-refractivity contribution is 7.20. The Morgan fingerprint density at radius 3 is 2.74 bits per heavy atom. The van der Waals surface area contributed by atoms with Gasteiger partial charge in [0.2, 0.25) is 11.0 Å². The van der Waals surface area contributed by atoms with Crippen molar-refractivity contribution in [1.82, 2.24) is 14.8 Å². The predicted molar refractivity (Wildman–Crippen MR) is 134 cm³/mol. The van der Waals surface area contributed by atoms with Crippen molar-refractivity contribution < 1.29 is 13.9 Å². The van der Waals surface area contributed by atoms with Crippen molar-refractivity contribution in [2.75, 3.05) is 5.32 Å². The molecule has 0 radical (unpaired) electrons. The van der Waals surface area contributed by atoms with Gasteiger partial charge in [-0.25, -0.2) is 9.37 Å². The van der Waals surface area contributed by atoms with Crippen LogP contribution in [-0.4, -0.2) is 20.7 Å². The molecule has 0 saturated heterocycles. The molecule has 35 heavy (non-hydrogen) atoms. The van der Waals surface area contributed by atoms with Crippen molar-refractivity contribution in [2.45, 2.75) is 25.9 Å². The molecule has 3 heterocycles. The first-order valence-corrected chi connectivity index (χ1v) is 12.1. The van der Waals surface area contributed by atoms with Crippen LogP contribution < -0.4 is 10.1 Å². The summed E-state index contributed by atoms with van der Waals surface area (Å²) in [5.74, 6) is 0.888. The first kappa shape index (κ1) is 21.5. The average Bonchev–Trinajstić information content (AvgIpc) is 3.43. The van der Waals surface area contributed by atoms with E-state index in [4.69, 9.17) is 14.8 Å². The smallest absolute Gasteiger partial charge is 0.226 e. The van der Waals surface area contributed by atoms with Gasteiger partial charge in [0.1, 0.15) is 24.0 Å². The number of nitrogens with one attached hydrogen (secondary N) is 1. The number of hydrogen-bond acceptors (Lipinski definition) is 5. The van der Waals surface area contributed by atoms with Crippen LogP contribution >= 0.6 is 11.3 Å². The fourth-order valence-corrected chi connectivity index (χ4v) is 5.43. The number of aryl methyl sites for hydroxylation is 1. The van der Waals surface area contributed by atoms with E-state index in [1.807, 2.05) is 61.5 Å². The summed E-state index contributed by atoms with van der Waals surface area (Å²) in [6.45, 7) is 2.24. The summed E-state index contributed by atoms with van der Waals surface area (Å²) in [6.07, 6.45) is 0.336. The first-order chi connectivity index (χ1) is 17.0. The van der Waals surface area contributed by atoms with Gasteiger partial charge < -0.3 is 10.1 Å². The second-order valence-electron chi connectivity index (χ2n) is 8.52. The molecule has 0 spiro atoms. The second-order valence-corrected chi connectivity index (χ2v) is 9.53. The normalized spacial score (nSPS) is 15.1. The fourth-order valence-electron chi connectivity index (χ4n) is 4.51. The summed E-state index contributed by atoms with van der Waals surface area (Å²) in [5, 5.41) is 8.49. The number of nitrogens with zero attached hydrogens (tertiary/aromatic N) is 3. The summed E-state index contributed by atoms with van der Waals surface area (Å²) in [7, 11) is 0. The van der Waals surface area contributed by atoms with E-state index in [-0.39, 0.29) is 24.2 Å². The maximum atomic E-state index is 13.4. The lowest BCUT2D eigenvalue weighted by molar-refractivity contribution is -0.116. The number of aromatic nitrogens is 3. The van der Waals surface area contributed by atoms with Crippen LogP contribution in [0.15, 0.2) is 72.8 Å². The zero-order valence-corrected chi connectivity index (χ0v) is 19.7. The molecule has 0 aliphatic carbocycles. The van der Waals surface area contributed by atoms with Gasteiger partial charge >= 0.3 is 0 Å². The molecule has 0 saturated carbocycles. The van der Waals surface area contributed by atoms with E-state index in [9.17, 15) is 9.18 Å². The van der Waals surface area contributed by atoms with Crippen molar-refractivity contribution in [3.05, 3.63) is 101 Å². The number of anilines is 1. The molecule has 1 aliphatic heterocycles. The molecule has 0 bridgehead atoms. The minimum absolute atomic E-state index is 0.0591. The Labute approximate surface area is 205 Å². The number of ether oxygens (including phenoxy) is 1. The average molecular weight is 485 g/mol. The number of thiazole rings is 1. The monoisotopic (exact) mass is 484 g/mol. The molecule has 1 aliphatic rings. The quantitative estimate of drug-likeness (QED) is 0.333. The molecule has 1 amide bonds. The third-order valence-electron chi connectivity index (χ3n) is 6.14. The number of fused-ring (bicyclic) bond motifs is 2. The SMILES string of the molecule is Cc1nn(-c2nc3ccccc3s2)c2c1[C@@H](c1ccc(OCc3cccc(F)c3)cc1)CC(=O)N2. The Balaban J connectivity index is 1.29. The third-order valence-corrected chi connectivity index (χ3v) is 7.16. The number of halogens is 1. The summed E-state index contributed by atoms with van der Waals surface area (Å²) < 4.78 is 22.0. The molecule has 6 nitrogen and oxygen atoms in total. The highest BCUT2D eigenvalue weighted by Gasteiger charge is 2.33. The summed E-state index contributed by atoms with van der Waals surface area (Å²) in [6, 6.07) is 22.0. The highest BCUT2D eigenvalue weighted by Crippen LogP contribution is 2.41. The van der Waals surface area contributed by atoms with Crippen LogP contribution in [0.3, 0.4) is 0 Å². The van der Waals surface area contributed by atoms with Gasteiger partial charge in [0.05, 0.1) is 15.9 Å². The van der Waals surface area contributed by atoms with Crippen LogP contribution in [0, 0.1) is 12.7 Å². The molecule has 3 aromatic carbocycles. The molecule has 1 N–H and O–H groups in total. The molecule has 2 aromatic heterocycles. The van der Waals surface area contributed by atoms with Crippen LogP contribution in [0.1, 0.15) is 34.7 Å². The molecule has 5 aromatic rings. The molecule has 1 atom stereocenters. The van der Waals surface area contributed by atoms with Crippen molar-refractivity contribution in [3.8, 4) is 10.9 Å². The zero-order valence-electron chi connectivity index (χ0n) is 18.9. The predicted octanol–water partition coefficient (Wildman–Crippen LogP) is 5.98. The van der Waals surface area contributed by atoms with E-state index in [0.717, 1.165) is 37.7 Å². The van der Waals surface area contributed by atoms with Gasteiger partial charge in [-0.05, 0) is 54.4 Å². The topological polar surface area (TPSA) is 69.0 Å². The third kappa shape index (κ3) is 4.06. The molecular formula is C27H21FN4O2S. The Morgan fingerprint density at radius 2 is 1.94 bits per heavy atom. The van der Waals surface area contributed by atoms with Crippen molar-refractivity contribution in [2.24, 2.45) is 0 Å². The number of carbonyl (C=O) groups is 1. The van der Waals surface area contributed by atoms with Gasteiger partial charge in [0.25, 0.3) is 0 Å². The van der Waals surface area contributed by atoms with E-state index in [2.05, 4.69) is 5.32 Å². The van der Waals surface area contributed by atoms with E-state index in [1.54, 1.807) is 10.7 Å². The molecular weight excluding hydrogens is 463 g/mol. The van der Waals surface area contributed by atoms with E-state index >= 15 is 0 Å². The lowest BCUT2D eigenvalue weighted by atomic mass is 9.86. The van der Waals surface area contributed by atoms with Gasteiger partial charge in [-0.2, -0.15) is 9.78 Å². The van der Waals surface area contributed by atoms with Crippen LogP contribution in [0.2, 0.25) is 0 Å². The van der Waals surface area contributed by atoms with Crippen molar-refractivity contribution in [3.63, 3.8) is 0 Å². The summed E-state index contributed by atoms with van der Waals surface area (Å²) in [4.78, 5) is 17.4. The van der Waals surface area contributed by atoms with Crippen LogP contribution in [-0.2, 0) is 11.4 Å². The molecule has 0 unspecified atom stereocenters. The van der Waals surface area contributed by atoms with Crippen LogP contribution in [0.4, 0.5) is 10.2 Å². The lowest BCUT2D eigenvalue weighted by Crippen LogP contribution is -2.24. The van der Waals surface area contributed by atoms with E-state index in [0.29, 0.717) is 18.0 Å². The van der Waals surface area contributed by atoms with E-state index < -0.39 is 0 Å². The largest absolute Gasteiger partial charge is 0.489 e. The highest BCUT2D eigenvalue weighted by atomic mass is 32.1. The number of para-hydroxylation sites is 1. The van der Waals surface area contributed by atoms with Gasteiger partial charge in [0.15, 0.2) is 0 Å². The fraction of sp³-hybridized carbons (Fsp3) is 0.148. The summed E-state index contributed by atoms with van der Waals surface area (Å²) >= 11 is 1.54. The standard InChI is InChI=1S/C27H21FN4O2S/c1-16-25-21(18-9-11-20(12-10-18)34-15-17-5-4-6-19(28)13-17)14-24(33)30-26(25)32(31-16)27-29-22-7-2-3-8-23(22)35-27/h2-13,21H,14-15H2,1H3,(H,30,33)/t21-/m1/s1. The van der Waals surface area contributed by atoms with Crippen LogP contribution in [0.5, 0.6) is 5.75 Å². The maximum Gasteiger partial charge on any atom is 0.226 e. The van der Waals surface area contributed by atoms with Crippen LogP contribution in [0.25, 0.3) is 15.3 Å². The van der Waals surface area contributed by atoms with E-state index in [1.165, 1.54) is 23.5 Å². The minimum Gasteiger partial charge on any atom is -0.489 e. The Hall–Kier alpha value is -4.04. The second kappa shape index (κ2) is 8.63. The molecule has 0 fully saturated rings. The Bertz CT molecular complexity index is 1520. The van der Waals surface area contributed by atoms with Gasteiger partial charge in [-0.15, -0.1) is 0 Å². The van der Waals surface area contributed by atoms with Gasteiger partial charge in [-0.1, -0.05) is 47.7 Å².